The van der Waals surface area contributed by atoms with E-state index < -0.39 is 0 Å². The lowest BCUT2D eigenvalue weighted by atomic mass is 10.1. The first-order chi connectivity index (χ1) is 12.5. The number of nitrogens with one attached hydrogen (secondary N) is 1. The Bertz CT molecular complexity index is 914. The lowest BCUT2D eigenvalue weighted by Crippen LogP contribution is -2.30. The van der Waals surface area contributed by atoms with Gasteiger partial charge in [0.25, 0.3) is 0 Å². The van der Waals surface area contributed by atoms with Crippen LogP contribution < -0.4 is 10.7 Å². The average Bonchev–Trinajstić information content (AvgIpc) is 3.03. The Kier molecular flexibility index (Phi) is 5.51. The van der Waals surface area contributed by atoms with E-state index in [9.17, 15) is 14.4 Å². The molecule has 0 bridgehead atoms. The van der Waals surface area contributed by atoms with Gasteiger partial charge in [-0.3, -0.25) is 14.4 Å². The van der Waals surface area contributed by atoms with Gasteiger partial charge >= 0.3 is 0 Å². The zero-order chi connectivity index (χ0) is 18.5. The molecule has 2 heterocycles. The fourth-order valence-electron chi connectivity index (χ4n) is 3.02. The molecule has 2 amide bonds. The van der Waals surface area contributed by atoms with Crippen LogP contribution in [0.5, 0.6) is 0 Å². The van der Waals surface area contributed by atoms with Crippen LogP contribution in [0.1, 0.15) is 30.4 Å². The van der Waals surface area contributed by atoms with E-state index in [2.05, 4.69) is 5.32 Å². The normalized spacial score (nSPS) is 14.5. The number of nitrogens with zero attached hydrogens (tertiary/aromatic N) is 1. The van der Waals surface area contributed by atoms with Crippen LogP contribution in [0.15, 0.2) is 39.7 Å². The molecule has 1 aliphatic rings. The van der Waals surface area contributed by atoms with Crippen molar-refractivity contribution in [3.63, 3.8) is 0 Å². The van der Waals surface area contributed by atoms with Crippen molar-refractivity contribution in [3.8, 4) is 0 Å². The molecule has 0 aliphatic carbocycles. The van der Waals surface area contributed by atoms with E-state index in [0.717, 1.165) is 18.5 Å². The molecule has 1 aromatic heterocycles. The largest absolute Gasteiger partial charge is 0.463 e. The second kappa shape index (κ2) is 7.99. The molecule has 6 heteroatoms. The van der Waals surface area contributed by atoms with Gasteiger partial charge in [-0.15, -0.1) is 0 Å². The summed E-state index contributed by atoms with van der Waals surface area (Å²) < 4.78 is 5.46. The Morgan fingerprint density at radius 1 is 1.35 bits per heavy atom. The number of hydrogen-bond acceptors (Lipinski definition) is 4. The highest BCUT2D eigenvalue weighted by Crippen LogP contribution is 2.14. The molecule has 26 heavy (non-hydrogen) atoms. The quantitative estimate of drug-likeness (QED) is 0.637. The number of carbonyl (C=O) groups is 2. The van der Waals surface area contributed by atoms with Crippen LogP contribution in [-0.2, 0) is 9.59 Å². The van der Waals surface area contributed by atoms with Gasteiger partial charge in [0, 0.05) is 32.1 Å². The van der Waals surface area contributed by atoms with Crippen molar-refractivity contribution in [3.05, 3.63) is 51.9 Å². The maximum Gasteiger partial charge on any atom is 0.244 e. The smallest absolute Gasteiger partial charge is 0.244 e. The fourth-order valence-corrected chi connectivity index (χ4v) is 3.02. The van der Waals surface area contributed by atoms with Crippen LogP contribution in [-0.4, -0.2) is 36.3 Å². The van der Waals surface area contributed by atoms with Gasteiger partial charge in [-0.25, -0.2) is 0 Å². The summed E-state index contributed by atoms with van der Waals surface area (Å²) in [6, 6.07) is 5.42. The van der Waals surface area contributed by atoms with E-state index in [1.165, 1.54) is 18.4 Å². The maximum absolute atomic E-state index is 12.5. The van der Waals surface area contributed by atoms with Gasteiger partial charge in [-0.1, -0.05) is 11.6 Å². The Balaban J connectivity index is 1.55. The van der Waals surface area contributed by atoms with E-state index in [-0.39, 0.29) is 17.2 Å². The van der Waals surface area contributed by atoms with Crippen molar-refractivity contribution >= 4 is 28.9 Å². The maximum atomic E-state index is 12.5. The molecule has 1 saturated heterocycles. The number of fused-ring (bicyclic) bond motifs is 1. The molecule has 3 rings (SSSR count). The molecule has 0 radical (unpaired) electrons. The molecule has 0 saturated carbocycles. The topological polar surface area (TPSA) is 79.6 Å². The van der Waals surface area contributed by atoms with E-state index in [0.29, 0.717) is 42.5 Å². The molecule has 1 aliphatic heterocycles. The summed E-state index contributed by atoms with van der Waals surface area (Å²) in [6.07, 6.45) is 6.41. The van der Waals surface area contributed by atoms with Crippen LogP contribution >= 0.6 is 0 Å². The second-order valence-electron chi connectivity index (χ2n) is 6.48. The van der Waals surface area contributed by atoms with Crippen molar-refractivity contribution in [2.45, 2.75) is 26.2 Å². The summed E-state index contributed by atoms with van der Waals surface area (Å²) >= 11 is 0. The summed E-state index contributed by atoms with van der Waals surface area (Å²) in [5, 5.41) is 3.26. The standard InChI is InChI=1S/C20H22N2O4/c1-14-5-7-17-16(12-14)20(25)15(13-26-17)6-8-18(23)21-9-3-11-22-10-2-4-19(22)24/h5-8,12-13H,2-4,9-11H2,1H3,(H,21,23)/b8-6+. The molecule has 6 nitrogen and oxygen atoms in total. The van der Waals surface area contributed by atoms with Crippen LogP contribution in [0.4, 0.5) is 0 Å². The Hall–Kier alpha value is -2.89. The number of benzene rings is 1. The minimum atomic E-state index is -0.276. The van der Waals surface area contributed by atoms with Gasteiger partial charge in [-0.05, 0) is 38.0 Å². The lowest BCUT2D eigenvalue weighted by molar-refractivity contribution is -0.127. The predicted molar refractivity (Wildman–Crippen MR) is 99.7 cm³/mol. The number of aryl methyl sites for hydroxylation is 1. The first-order valence-corrected chi connectivity index (χ1v) is 8.80. The second-order valence-corrected chi connectivity index (χ2v) is 6.48. The van der Waals surface area contributed by atoms with Crippen molar-refractivity contribution in [2.75, 3.05) is 19.6 Å². The minimum Gasteiger partial charge on any atom is -0.463 e. The van der Waals surface area contributed by atoms with E-state index in [1.54, 1.807) is 12.1 Å². The summed E-state index contributed by atoms with van der Waals surface area (Å²) in [7, 11) is 0. The Morgan fingerprint density at radius 2 is 2.19 bits per heavy atom. The molecule has 1 N–H and O–H groups in total. The van der Waals surface area contributed by atoms with Crippen molar-refractivity contribution < 1.29 is 14.0 Å². The third-order valence-corrected chi connectivity index (χ3v) is 4.44. The van der Waals surface area contributed by atoms with Gasteiger partial charge in [-0.2, -0.15) is 0 Å². The third kappa shape index (κ3) is 4.20. The SMILES string of the molecule is Cc1ccc2occ(/C=C/C(=O)NCCCN3CCCC3=O)c(=O)c2c1. The molecule has 0 unspecified atom stereocenters. The minimum absolute atomic E-state index is 0.161. The highest BCUT2D eigenvalue weighted by Gasteiger charge is 2.18. The van der Waals surface area contributed by atoms with Crippen LogP contribution in [0.25, 0.3) is 17.0 Å². The van der Waals surface area contributed by atoms with E-state index in [4.69, 9.17) is 4.42 Å². The molecular weight excluding hydrogens is 332 g/mol. The van der Waals surface area contributed by atoms with Crippen LogP contribution in [0, 0.1) is 6.92 Å². The molecule has 0 atom stereocenters. The van der Waals surface area contributed by atoms with Gasteiger partial charge in [0.1, 0.15) is 11.8 Å². The molecule has 136 valence electrons. The van der Waals surface area contributed by atoms with Crippen LogP contribution in [0.2, 0.25) is 0 Å². The van der Waals surface area contributed by atoms with Gasteiger partial charge in [0.05, 0.1) is 10.9 Å². The molecular formula is C20H22N2O4. The highest BCUT2D eigenvalue weighted by atomic mass is 16.3. The lowest BCUT2D eigenvalue weighted by Gasteiger charge is -2.14. The zero-order valence-electron chi connectivity index (χ0n) is 14.8. The Labute approximate surface area is 151 Å². The van der Waals surface area contributed by atoms with E-state index in [1.807, 2.05) is 17.9 Å². The first kappa shape index (κ1) is 17.9. The Morgan fingerprint density at radius 3 is 2.96 bits per heavy atom. The zero-order valence-corrected chi connectivity index (χ0v) is 14.8. The van der Waals surface area contributed by atoms with Gasteiger partial charge in [0.2, 0.25) is 11.8 Å². The van der Waals surface area contributed by atoms with Crippen LogP contribution in [0.3, 0.4) is 0 Å². The van der Waals surface area contributed by atoms with Crippen molar-refractivity contribution in [2.24, 2.45) is 0 Å². The van der Waals surface area contributed by atoms with Crippen molar-refractivity contribution in [1.29, 1.82) is 0 Å². The predicted octanol–water partition coefficient (Wildman–Crippen LogP) is 2.24. The van der Waals surface area contributed by atoms with Gasteiger partial charge in [0.15, 0.2) is 5.43 Å². The first-order valence-electron chi connectivity index (χ1n) is 8.80. The van der Waals surface area contributed by atoms with E-state index >= 15 is 0 Å². The number of amides is 2. The summed E-state index contributed by atoms with van der Waals surface area (Å²) in [5.74, 6) is -0.0871. The third-order valence-electron chi connectivity index (χ3n) is 4.44. The number of hydrogen-bond donors (Lipinski definition) is 1. The van der Waals surface area contributed by atoms with Crippen molar-refractivity contribution in [1.82, 2.24) is 10.2 Å². The number of carbonyl (C=O) groups excluding carboxylic acids is 2. The number of rotatable bonds is 6. The summed E-state index contributed by atoms with van der Waals surface area (Å²) in [6.45, 7) is 3.86. The fraction of sp³-hybridized carbons (Fsp3) is 0.350. The monoisotopic (exact) mass is 354 g/mol. The average molecular weight is 354 g/mol. The molecule has 1 fully saturated rings. The highest BCUT2D eigenvalue weighted by molar-refractivity contribution is 5.92. The molecule has 0 spiro atoms. The summed E-state index contributed by atoms with van der Waals surface area (Å²) in [5.41, 5.74) is 1.67. The molecule has 1 aromatic carbocycles. The molecule has 2 aromatic rings. The van der Waals surface area contributed by atoms with Gasteiger partial charge < -0.3 is 14.6 Å². The summed E-state index contributed by atoms with van der Waals surface area (Å²) in [4.78, 5) is 37.7. The number of likely N-dealkylation sites (tertiary alicyclic amines) is 1.